The molecular weight excluding hydrogens is 637 g/mol. The molecule has 0 aliphatic carbocycles. The molecule has 0 saturated carbocycles. The summed E-state index contributed by atoms with van der Waals surface area (Å²) in [5.74, 6) is 0. The molecule has 1 N–H and O–H groups in total. The molecule has 0 atom stereocenters. The molecule has 0 saturated heterocycles. The summed E-state index contributed by atoms with van der Waals surface area (Å²) in [5.41, 5.74) is 14.1. The van der Waals surface area contributed by atoms with E-state index in [-0.39, 0.29) is 0 Å². The maximum Gasteiger partial charge on any atom is 0.197 e. The Labute approximate surface area is 301 Å². The number of anilines is 6. The van der Waals surface area contributed by atoms with Crippen molar-refractivity contribution in [2.45, 2.75) is 9.79 Å². The average molecular weight is 667 g/mol. The van der Waals surface area contributed by atoms with E-state index in [1.165, 1.54) is 76.0 Å². The Morgan fingerprint density at radius 2 is 1.18 bits per heavy atom. The fourth-order valence-corrected chi connectivity index (χ4v) is 9.25. The summed E-state index contributed by atoms with van der Waals surface area (Å²) in [7, 11) is 2.41. The van der Waals surface area contributed by atoms with Gasteiger partial charge in [0.1, 0.15) is 0 Å². The van der Waals surface area contributed by atoms with Crippen LogP contribution < -0.4 is 20.7 Å². The Morgan fingerprint density at radius 3 is 2.02 bits per heavy atom. The van der Waals surface area contributed by atoms with Crippen LogP contribution >= 0.6 is 11.8 Å². The van der Waals surface area contributed by atoms with Crippen molar-refractivity contribution in [1.29, 1.82) is 0 Å². The highest BCUT2D eigenvalue weighted by atomic mass is 32.2. The lowest BCUT2D eigenvalue weighted by molar-refractivity contribution is 1.17. The van der Waals surface area contributed by atoms with Crippen LogP contribution in [-0.4, -0.2) is 12.3 Å². The van der Waals surface area contributed by atoms with Gasteiger partial charge in [0.05, 0.1) is 22.4 Å². The summed E-state index contributed by atoms with van der Waals surface area (Å²) in [6, 6.07) is 61.7. The second kappa shape index (κ2) is 11.2. The van der Waals surface area contributed by atoms with Crippen molar-refractivity contribution in [2.75, 3.05) is 9.80 Å². The predicted molar refractivity (Wildman–Crippen MR) is 217 cm³/mol. The van der Waals surface area contributed by atoms with Crippen molar-refractivity contribution in [1.82, 2.24) is 4.98 Å². The number of rotatable bonds is 4. The summed E-state index contributed by atoms with van der Waals surface area (Å²) in [6.07, 6.45) is 0. The molecule has 237 valence electrons. The van der Waals surface area contributed by atoms with E-state index in [4.69, 9.17) is 0 Å². The van der Waals surface area contributed by atoms with Crippen LogP contribution in [0.25, 0.3) is 43.7 Å². The highest BCUT2D eigenvalue weighted by Gasteiger charge is 2.34. The largest absolute Gasteiger partial charge is 0.353 e. The van der Waals surface area contributed by atoms with Gasteiger partial charge in [-0.3, -0.25) is 0 Å². The fraction of sp³-hybridized carbons (Fsp3) is 0. The van der Waals surface area contributed by atoms with E-state index in [0.717, 1.165) is 22.6 Å². The molecule has 51 heavy (non-hydrogen) atoms. The second-order valence-corrected chi connectivity index (χ2v) is 14.3. The third-order valence-electron chi connectivity index (χ3n) is 10.4. The lowest BCUT2D eigenvalue weighted by Crippen LogP contribution is -2.42. The van der Waals surface area contributed by atoms with Crippen LogP contribution in [0.4, 0.5) is 34.1 Å². The number of nitrogens with zero attached hydrogens (tertiary/aromatic N) is 2. The van der Waals surface area contributed by atoms with Gasteiger partial charge in [-0.05, 0) is 71.0 Å². The number of para-hydroxylation sites is 5. The number of hydrogen-bond donors (Lipinski definition) is 1. The van der Waals surface area contributed by atoms with E-state index < -0.39 is 0 Å². The quantitative estimate of drug-likeness (QED) is 0.189. The van der Waals surface area contributed by atoms with Crippen molar-refractivity contribution in [3.8, 4) is 11.1 Å². The van der Waals surface area contributed by atoms with Crippen LogP contribution in [0.1, 0.15) is 0 Å². The highest BCUT2D eigenvalue weighted by molar-refractivity contribution is 7.99. The number of benzene rings is 8. The molecular formula is C46H29BN3S. The standard InChI is InChI=1S/C46H29BN3S/c1-3-14-30(15-4-1)49(31-16-5-2-6-17-31)32-27-37(35-20-11-19-34-36-26-25-29-13-7-8-18-33(29)44(36)48-45(34)35)43-40(28-32)50-39-22-9-10-23-41(39)51-42-24-12-21-38(47-43)46(42)50/h1-28,48H. The van der Waals surface area contributed by atoms with Crippen molar-refractivity contribution < 1.29 is 0 Å². The molecule has 5 heteroatoms. The van der Waals surface area contributed by atoms with Gasteiger partial charge in [-0.15, -0.1) is 0 Å². The summed E-state index contributed by atoms with van der Waals surface area (Å²) in [6.45, 7) is 0. The van der Waals surface area contributed by atoms with Crippen LogP contribution in [0.5, 0.6) is 0 Å². The summed E-state index contributed by atoms with van der Waals surface area (Å²) in [5, 5.41) is 4.95. The maximum atomic E-state index is 3.94. The molecule has 3 nitrogen and oxygen atoms in total. The van der Waals surface area contributed by atoms with Gasteiger partial charge < -0.3 is 14.8 Å². The number of nitrogens with one attached hydrogen (secondary N) is 1. The van der Waals surface area contributed by atoms with Crippen LogP contribution in [0.2, 0.25) is 0 Å². The molecule has 11 rings (SSSR count). The number of H-pyrrole nitrogens is 1. The summed E-state index contributed by atoms with van der Waals surface area (Å²) < 4.78 is 0. The van der Waals surface area contributed by atoms with Crippen molar-refractivity contribution in [3.63, 3.8) is 0 Å². The molecule has 1 radical (unpaired) electrons. The fourth-order valence-electron chi connectivity index (χ4n) is 8.15. The van der Waals surface area contributed by atoms with Gasteiger partial charge in [0, 0.05) is 54.3 Å². The molecule has 2 aliphatic rings. The first-order valence-electron chi connectivity index (χ1n) is 17.4. The number of aromatic nitrogens is 1. The predicted octanol–water partition coefficient (Wildman–Crippen LogP) is 11.5. The Kier molecular flexibility index (Phi) is 6.28. The normalized spacial score (nSPS) is 12.7. The van der Waals surface area contributed by atoms with Crippen LogP contribution in [0, 0.1) is 0 Å². The molecule has 0 amide bonds. The first-order valence-corrected chi connectivity index (χ1v) is 18.2. The van der Waals surface area contributed by atoms with Gasteiger partial charge in [0.15, 0.2) is 7.28 Å². The minimum absolute atomic E-state index is 1.10. The molecule has 8 aromatic carbocycles. The number of hydrogen-bond acceptors (Lipinski definition) is 3. The van der Waals surface area contributed by atoms with Crippen LogP contribution in [0.3, 0.4) is 0 Å². The third kappa shape index (κ3) is 4.35. The zero-order valence-corrected chi connectivity index (χ0v) is 28.4. The number of fused-ring (bicyclic) bond motifs is 9. The molecule has 0 spiro atoms. The van der Waals surface area contributed by atoms with Crippen LogP contribution in [0.15, 0.2) is 180 Å². The molecule has 2 aliphatic heterocycles. The molecule has 1 aromatic heterocycles. The van der Waals surface area contributed by atoms with Gasteiger partial charge in [-0.2, -0.15) is 0 Å². The first-order chi connectivity index (χ1) is 25.3. The van der Waals surface area contributed by atoms with Gasteiger partial charge >= 0.3 is 0 Å². The van der Waals surface area contributed by atoms with Gasteiger partial charge in [-0.1, -0.05) is 132 Å². The van der Waals surface area contributed by atoms with E-state index >= 15 is 0 Å². The lowest BCUT2D eigenvalue weighted by atomic mass is 9.58. The van der Waals surface area contributed by atoms with E-state index in [2.05, 4.69) is 192 Å². The minimum Gasteiger partial charge on any atom is -0.353 e. The minimum atomic E-state index is 1.10. The Morgan fingerprint density at radius 1 is 0.490 bits per heavy atom. The van der Waals surface area contributed by atoms with Crippen molar-refractivity contribution in [3.05, 3.63) is 170 Å². The molecule has 3 heterocycles. The van der Waals surface area contributed by atoms with E-state index in [1.54, 1.807) is 0 Å². The first kappa shape index (κ1) is 28.7. The zero-order chi connectivity index (χ0) is 33.5. The SMILES string of the molecule is [B]1c2cccc3c2N(c2ccccc2S3)c2cc(N(c3ccccc3)c3ccccc3)cc(-c3cccc4c3[nH]c3c5ccccc5ccc43)c21. The van der Waals surface area contributed by atoms with Gasteiger partial charge in [0.2, 0.25) is 0 Å². The molecule has 0 fully saturated rings. The zero-order valence-electron chi connectivity index (χ0n) is 27.5. The summed E-state index contributed by atoms with van der Waals surface area (Å²) >= 11 is 1.86. The third-order valence-corrected chi connectivity index (χ3v) is 11.5. The smallest absolute Gasteiger partial charge is 0.197 e. The monoisotopic (exact) mass is 666 g/mol. The lowest BCUT2D eigenvalue weighted by Gasteiger charge is -2.40. The average Bonchev–Trinajstić information content (AvgIpc) is 3.58. The van der Waals surface area contributed by atoms with Crippen molar-refractivity contribution >= 4 is 96.7 Å². The van der Waals surface area contributed by atoms with E-state index in [9.17, 15) is 0 Å². The van der Waals surface area contributed by atoms with Gasteiger partial charge in [-0.25, -0.2) is 0 Å². The van der Waals surface area contributed by atoms with Crippen molar-refractivity contribution in [2.24, 2.45) is 0 Å². The second-order valence-electron chi connectivity index (χ2n) is 13.2. The molecule has 9 aromatic rings. The Balaban J connectivity index is 1.25. The van der Waals surface area contributed by atoms with E-state index in [1.807, 2.05) is 11.8 Å². The van der Waals surface area contributed by atoms with E-state index in [0.29, 0.717) is 0 Å². The summed E-state index contributed by atoms with van der Waals surface area (Å²) in [4.78, 5) is 11.4. The Bertz CT molecular complexity index is 2790. The topological polar surface area (TPSA) is 22.3 Å². The van der Waals surface area contributed by atoms with Gasteiger partial charge in [0.25, 0.3) is 0 Å². The van der Waals surface area contributed by atoms with Crippen LogP contribution in [-0.2, 0) is 0 Å². The number of aromatic amines is 1. The Hall–Kier alpha value is -6.17. The molecule has 0 bridgehead atoms. The maximum absolute atomic E-state index is 3.94. The molecule has 0 unspecified atom stereocenters. The highest BCUT2D eigenvalue weighted by Crippen LogP contribution is 2.53.